The van der Waals surface area contributed by atoms with E-state index in [1.54, 1.807) is 29.4 Å². The van der Waals surface area contributed by atoms with Crippen LogP contribution in [0.15, 0.2) is 48.8 Å². The predicted molar refractivity (Wildman–Crippen MR) is 147 cm³/mol. The van der Waals surface area contributed by atoms with E-state index in [9.17, 15) is 9.59 Å². The largest absolute Gasteiger partial charge is 0.459 e. The van der Waals surface area contributed by atoms with Crippen LogP contribution in [0.4, 0.5) is 10.5 Å². The Morgan fingerprint density at radius 3 is 2.54 bits per heavy atom. The number of pyridine rings is 1. The summed E-state index contributed by atoms with van der Waals surface area (Å²) < 4.78 is 11.7. The molecule has 1 aromatic carbocycles. The van der Waals surface area contributed by atoms with Crippen molar-refractivity contribution in [3.63, 3.8) is 0 Å². The van der Waals surface area contributed by atoms with Gasteiger partial charge in [-0.05, 0) is 83.5 Å². The molecule has 3 aromatic rings. The Balaban J connectivity index is 1.68. The van der Waals surface area contributed by atoms with Crippen LogP contribution in [0.25, 0.3) is 16.3 Å². The molecule has 2 heterocycles. The first-order valence-corrected chi connectivity index (χ1v) is 12.6. The summed E-state index contributed by atoms with van der Waals surface area (Å²) in [7, 11) is 0. The predicted octanol–water partition coefficient (Wildman–Crippen LogP) is 5.54. The highest BCUT2D eigenvalue weighted by Gasteiger charge is 2.19. The number of rotatable bonds is 6. The molecule has 0 aliphatic rings. The van der Waals surface area contributed by atoms with Gasteiger partial charge in [0, 0.05) is 18.8 Å². The lowest BCUT2D eigenvalue weighted by Crippen LogP contribution is -2.32. The SMILES string of the molecule is CC(C)(C)OC(=O)CN(C#C/C=C/c1nc2ccc(CNC(=O)OC(C)(C)C)cc2s1)c1cccnc1. The van der Waals surface area contributed by atoms with Crippen LogP contribution < -0.4 is 10.2 Å². The highest BCUT2D eigenvalue weighted by molar-refractivity contribution is 7.19. The van der Waals surface area contributed by atoms with Crippen LogP contribution >= 0.6 is 11.3 Å². The minimum Gasteiger partial charge on any atom is -0.459 e. The van der Waals surface area contributed by atoms with Gasteiger partial charge >= 0.3 is 12.1 Å². The highest BCUT2D eigenvalue weighted by atomic mass is 32.1. The number of alkyl carbamates (subject to hydrolysis) is 1. The number of nitrogens with zero attached hydrogens (tertiary/aromatic N) is 3. The van der Waals surface area contributed by atoms with Gasteiger partial charge in [0.2, 0.25) is 0 Å². The number of hydrogen-bond donors (Lipinski definition) is 1. The van der Waals surface area contributed by atoms with Crippen LogP contribution in [0.3, 0.4) is 0 Å². The first-order chi connectivity index (χ1) is 17.4. The number of thiazole rings is 1. The van der Waals surface area contributed by atoms with Crippen molar-refractivity contribution in [2.75, 3.05) is 11.4 Å². The number of nitrogens with one attached hydrogen (secondary N) is 1. The van der Waals surface area contributed by atoms with E-state index >= 15 is 0 Å². The molecule has 0 fully saturated rings. The minimum atomic E-state index is -0.580. The third kappa shape index (κ3) is 9.58. The van der Waals surface area contributed by atoms with Crippen LogP contribution in [0.5, 0.6) is 0 Å². The van der Waals surface area contributed by atoms with Crippen molar-refractivity contribution in [2.24, 2.45) is 0 Å². The fourth-order valence-electron chi connectivity index (χ4n) is 3.10. The second-order valence-corrected chi connectivity index (χ2v) is 11.2. The molecule has 1 amide bonds. The summed E-state index contributed by atoms with van der Waals surface area (Å²) >= 11 is 1.52. The Kier molecular flexibility index (Phi) is 8.90. The quantitative estimate of drug-likeness (QED) is 0.259. The Hall–Kier alpha value is -3.90. The number of carbonyl (C=O) groups is 2. The van der Waals surface area contributed by atoms with Crippen LogP contribution in [-0.4, -0.2) is 39.8 Å². The number of aromatic nitrogens is 2. The van der Waals surface area contributed by atoms with Gasteiger partial charge in [-0.2, -0.15) is 0 Å². The van der Waals surface area contributed by atoms with E-state index in [1.165, 1.54) is 11.3 Å². The van der Waals surface area contributed by atoms with Crippen molar-refractivity contribution in [2.45, 2.75) is 59.3 Å². The van der Waals surface area contributed by atoms with Crippen LogP contribution in [0.2, 0.25) is 0 Å². The van der Waals surface area contributed by atoms with Crippen LogP contribution in [-0.2, 0) is 20.8 Å². The molecular weight excluding hydrogens is 488 g/mol. The summed E-state index contributed by atoms with van der Waals surface area (Å²) in [6.07, 6.45) is 6.37. The molecule has 0 spiro atoms. The summed E-state index contributed by atoms with van der Waals surface area (Å²) in [6, 6.07) is 12.5. The molecule has 0 radical (unpaired) electrons. The number of esters is 1. The Morgan fingerprint density at radius 2 is 1.86 bits per heavy atom. The van der Waals surface area contributed by atoms with Crippen molar-refractivity contribution >= 4 is 45.4 Å². The average molecular weight is 521 g/mol. The minimum absolute atomic E-state index is 0.0228. The topological polar surface area (TPSA) is 93.7 Å². The van der Waals surface area contributed by atoms with Crippen molar-refractivity contribution in [1.82, 2.24) is 15.3 Å². The van der Waals surface area contributed by atoms with E-state index in [0.29, 0.717) is 12.2 Å². The zero-order chi connectivity index (χ0) is 27.1. The zero-order valence-electron chi connectivity index (χ0n) is 22.0. The van der Waals surface area contributed by atoms with Crippen molar-refractivity contribution in [3.05, 3.63) is 59.4 Å². The number of fused-ring (bicyclic) bond motifs is 1. The molecule has 3 rings (SSSR count). The molecular formula is C28H32N4O4S. The Bertz CT molecular complexity index is 1330. The summed E-state index contributed by atoms with van der Waals surface area (Å²) in [6.45, 7) is 11.3. The molecule has 1 N–H and O–H groups in total. The number of anilines is 1. The molecule has 0 saturated heterocycles. The molecule has 9 heteroatoms. The highest BCUT2D eigenvalue weighted by Crippen LogP contribution is 2.24. The number of hydrogen-bond acceptors (Lipinski definition) is 8. The van der Waals surface area contributed by atoms with Gasteiger partial charge in [-0.25, -0.2) is 9.78 Å². The average Bonchev–Trinajstić information content (AvgIpc) is 3.20. The van der Waals surface area contributed by atoms with Gasteiger partial charge in [0.25, 0.3) is 0 Å². The summed E-state index contributed by atoms with van der Waals surface area (Å²) in [4.78, 5) is 34.6. The van der Waals surface area contributed by atoms with Crippen molar-refractivity contribution < 1.29 is 19.1 Å². The van der Waals surface area contributed by atoms with E-state index in [1.807, 2.05) is 71.9 Å². The third-order valence-electron chi connectivity index (χ3n) is 4.48. The van der Waals surface area contributed by atoms with Gasteiger partial charge in [-0.15, -0.1) is 11.3 Å². The molecule has 8 nitrogen and oxygen atoms in total. The lowest BCUT2D eigenvalue weighted by atomic mass is 10.2. The first kappa shape index (κ1) is 27.7. The molecule has 0 aliphatic heterocycles. The van der Waals surface area contributed by atoms with Crippen LogP contribution in [0, 0.1) is 12.0 Å². The lowest BCUT2D eigenvalue weighted by Gasteiger charge is -2.22. The Labute approximate surface area is 221 Å². The van der Waals surface area contributed by atoms with Gasteiger partial charge < -0.3 is 14.8 Å². The lowest BCUT2D eigenvalue weighted by molar-refractivity contribution is -0.152. The Morgan fingerprint density at radius 1 is 1.11 bits per heavy atom. The fourth-order valence-corrected chi connectivity index (χ4v) is 4.03. The zero-order valence-corrected chi connectivity index (χ0v) is 22.8. The van der Waals surface area contributed by atoms with Gasteiger partial charge in [0.1, 0.15) is 22.8 Å². The molecule has 37 heavy (non-hydrogen) atoms. The molecule has 194 valence electrons. The van der Waals surface area contributed by atoms with E-state index in [4.69, 9.17) is 9.47 Å². The van der Waals surface area contributed by atoms with Crippen molar-refractivity contribution in [1.29, 1.82) is 0 Å². The standard InChI is InChI=1S/C28H32N4O4S/c1-27(2,3)35-25(33)19-32(21-10-9-14-29-18-21)15-8-7-11-24-31-22-13-12-20(16-23(22)37-24)17-30-26(34)36-28(4,5)6/h7,9-14,16,18H,17,19H2,1-6H3,(H,30,34)/b11-7+. The normalized spacial score (nSPS) is 11.6. The molecule has 0 saturated carbocycles. The summed E-state index contributed by atoms with van der Waals surface area (Å²) in [5.74, 6) is 2.60. The van der Waals surface area contributed by atoms with E-state index < -0.39 is 17.3 Å². The van der Waals surface area contributed by atoms with Crippen molar-refractivity contribution in [3.8, 4) is 12.0 Å². The number of amides is 1. The third-order valence-corrected chi connectivity index (χ3v) is 5.46. The maximum Gasteiger partial charge on any atom is 0.407 e. The number of benzene rings is 1. The molecule has 0 atom stereocenters. The molecule has 2 aromatic heterocycles. The van der Waals surface area contributed by atoms with Gasteiger partial charge in [0.15, 0.2) is 0 Å². The fraction of sp³-hybridized carbons (Fsp3) is 0.357. The maximum absolute atomic E-state index is 12.4. The monoisotopic (exact) mass is 520 g/mol. The number of allylic oxidation sites excluding steroid dienone is 1. The number of carbonyl (C=O) groups excluding carboxylic acids is 2. The summed E-state index contributed by atoms with van der Waals surface area (Å²) in [5, 5.41) is 3.56. The van der Waals surface area contributed by atoms with Crippen LogP contribution in [0.1, 0.15) is 52.1 Å². The second kappa shape index (κ2) is 11.9. The second-order valence-electron chi connectivity index (χ2n) is 10.2. The van der Waals surface area contributed by atoms with Gasteiger partial charge in [0.05, 0.1) is 22.1 Å². The van der Waals surface area contributed by atoms with E-state index in [2.05, 4.69) is 27.2 Å². The molecule has 0 unspecified atom stereocenters. The number of ether oxygens (including phenoxy) is 2. The van der Waals surface area contributed by atoms with Gasteiger partial charge in [-0.1, -0.05) is 12.0 Å². The summed E-state index contributed by atoms with van der Waals surface area (Å²) in [5.41, 5.74) is 1.39. The molecule has 0 aliphatic carbocycles. The maximum atomic E-state index is 12.4. The first-order valence-electron chi connectivity index (χ1n) is 11.8. The van der Waals surface area contributed by atoms with E-state index in [0.717, 1.165) is 20.8 Å². The van der Waals surface area contributed by atoms with E-state index in [-0.39, 0.29) is 12.5 Å². The van der Waals surface area contributed by atoms with Gasteiger partial charge in [-0.3, -0.25) is 14.7 Å². The molecule has 0 bridgehead atoms. The smallest absolute Gasteiger partial charge is 0.407 e.